The summed E-state index contributed by atoms with van der Waals surface area (Å²) in [5, 5.41) is 11.5. The number of hydrogen-bond acceptors (Lipinski definition) is 3. The minimum absolute atomic E-state index is 0.0557. The zero-order valence-electron chi connectivity index (χ0n) is 11.2. The molecule has 1 aromatic rings. The summed E-state index contributed by atoms with van der Waals surface area (Å²) in [7, 11) is 0. The zero-order valence-corrected chi connectivity index (χ0v) is 11.2. The monoisotopic (exact) mass is 292 g/mol. The molecule has 6 heteroatoms. The second-order valence-electron chi connectivity index (χ2n) is 4.66. The van der Waals surface area contributed by atoms with Crippen molar-refractivity contribution in [3.8, 4) is 6.07 Å². The summed E-state index contributed by atoms with van der Waals surface area (Å²) in [4.78, 5) is 11.9. The first-order valence-corrected chi connectivity index (χ1v) is 6.57. The van der Waals surface area contributed by atoms with Gasteiger partial charge in [-0.05, 0) is 25.0 Å². The SMILES string of the molecule is N#C/C(=C\c1cccc(F)c1F)C(=O)NC[C@@H]1CCCO1. The van der Waals surface area contributed by atoms with E-state index in [1.165, 1.54) is 12.1 Å². The Hall–Kier alpha value is -2.26. The quantitative estimate of drug-likeness (QED) is 0.683. The molecule has 0 unspecified atom stereocenters. The van der Waals surface area contributed by atoms with Crippen molar-refractivity contribution in [2.24, 2.45) is 0 Å². The van der Waals surface area contributed by atoms with E-state index in [-0.39, 0.29) is 17.2 Å². The predicted molar refractivity (Wildman–Crippen MR) is 71.9 cm³/mol. The molecule has 1 saturated heterocycles. The summed E-state index contributed by atoms with van der Waals surface area (Å²) in [6, 6.07) is 5.26. The third kappa shape index (κ3) is 3.86. The largest absolute Gasteiger partial charge is 0.376 e. The second kappa shape index (κ2) is 6.95. The first-order chi connectivity index (χ1) is 10.1. The molecular formula is C15H14F2N2O2. The molecule has 0 aliphatic carbocycles. The normalized spacial score (nSPS) is 18.3. The number of nitrogens with zero attached hydrogens (tertiary/aromatic N) is 1. The van der Waals surface area contributed by atoms with Crippen molar-refractivity contribution in [3.05, 3.63) is 41.0 Å². The Labute approximate surface area is 121 Å². The Morgan fingerprint density at radius 1 is 1.52 bits per heavy atom. The van der Waals surface area contributed by atoms with Crippen LogP contribution in [0, 0.1) is 23.0 Å². The number of benzene rings is 1. The lowest BCUT2D eigenvalue weighted by Gasteiger charge is -2.10. The molecule has 0 radical (unpaired) electrons. The van der Waals surface area contributed by atoms with E-state index in [4.69, 9.17) is 10.00 Å². The van der Waals surface area contributed by atoms with Gasteiger partial charge in [0.05, 0.1) is 6.10 Å². The van der Waals surface area contributed by atoms with Gasteiger partial charge in [0.1, 0.15) is 11.6 Å². The van der Waals surface area contributed by atoms with Crippen molar-refractivity contribution in [1.29, 1.82) is 5.26 Å². The lowest BCUT2D eigenvalue weighted by atomic mass is 10.1. The smallest absolute Gasteiger partial charge is 0.262 e. The van der Waals surface area contributed by atoms with Gasteiger partial charge in [-0.3, -0.25) is 4.79 Å². The Balaban J connectivity index is 2.07. The Kier molecular flexibility index (Phi) is 5.01. The van der Waals surface area contributed by atoms with Crippen LogP contribution in [0.3, 0.4) is 0 Å². The first kappa shape index (κ1) is 15.1. The second-order valence-corrected chi connectivity index (χ2v) is 4.66. The van der Waals surface area contributed by atoms with Gasteiger partial charge >= 0.3 is 0 Å². The number of carbonyl (C=O) groups excluding carboxylic acids is 1. The summed E-state index contributed by atoms with van der Waals surface area (Å²) in [6.07, 6.45) is 2.77. The van der Waals surface area contributed by atoms with Gasteiger partial charge in [-0.15, -0.1) is 0 Å². The topological polar surface area (TPSA) is 62.1 Å². The van der Waals surface area contributed by atoms with E-state index in [9.17, 15) is 13.6 Å². The minimum atomic E-state index is -1.09. The lowest BCUT2D eigenvalue weighted by Crippen LogP contribution is -2.32. The number of halogens is 2. The number of nitrogens with one attached hydrogen (secondary N) is 1. The minimum Gasteiger partial charge on any atom is -0.376 e. The molecule has 1 fully saturated rings. The van der Waals surface area contributed by atoms with Crippen LogP contribution in [-0.2, 0) is 9.53 Å². The zero-order chi connectivity index (χ0) is 15.2. The van der Waals surface area contributed by atoms with Gasteiger partial charge < -0.3 is 10.1 Å². The number of nitriles is 1. The molecule has 0 aromatic heterocycles. The van der Waals surface area contributed by atoms with Crippen LogP contribution in [0.1, 0.15) is 18.4 Å². The van der Waals surface area contributed by atoms with Crippen LogP contribution in [0.2, 0.25) is 0 Å². The third-order valence-corrected chi connectivity index (χ3v) is 3.16. The van der Waals surface area contributed by atoms with E-state index in [1.54, 1.807) is 6.07 Å². The Morgan fingerprint density at radius 3 is 3.00 bits per heavy atom. The molecule has 0 bridgehead atoms. The molecule has 1 aromatic carbocycles. The molecule has 1 aliphatic heterocycles. The van der Waals surface area contributed by atoms with Crippen molar-refractivity contribution in [2.45, 2.75) is 18.9 Å². The average molecular weight is 292 g/mol. The lowest BCUT2D eigenvalue weighted by molar-refractivity contribution is -0.117. The van der Waals surface area contributed by atoms with E-state index < -0.39 is 17.5 Å². The number of carbonyl (C=O) groups is 1. The highest BCUT2D eigenvalue weighted by Gasteiger charge is 2.18. The highest BCUT2D eigenvalue weighted by Crippen LogP contribution is 2.15. The van der Waals surface area contributed by atoms with Crippen LogP contribution in [0.5, 0.6) is 0 Å². The Morgan fingerprint density at radius 2 is 2.33 bits per heavy atom. The fourth-order valence-corrected chi connectivity index (χ4v) is 2.04. The molecule has 1 N–H and O–H groups in total. The summed E-state index contributed by atoms with van der Waals surface area (Å²) in [5.41, 5.74) is -0.420. The molecule has 21 heavy (non-hydrogen) atoms. The van der Waals surface area contributed by atoms with Crippen LogP contribution in [0.4, 0.5) is 8.78 Å². The summed E-state index contributed by atoms with van der Waals surface area (Å²) >= 11 is 0. The molecule has 110 valence electrons. The number of hydrogen-bond donors (Lipinski definition) is 1. The van der Waals surface area contributed by atoms with Crippen LogP contribution in [0.25, 0.3) is 6.08 Å². The highest BCUT2D eigenvalue weighted by molar-refractivity contribution is 6.01. The molecular weight excluding hydrogens is 278 g/mol. The van der Waals surface area contributed by atoms with E-state index in [0.29, 0.717) is 13.2 Å². The van der Waals surface area contributed by atoms with Gasteiger partial charge in [-0.2, -0.15) is 5.26 Å². The van der Waals surface area contributed by atoms with Gasteiger partial charge in [-0.25, -0.2) is 8.78 Å². The van der Waals surface area contributed by atoms with Crippen molar-refractivity contribution < 1.29 is 18.3 Å². The van der Waals surface area contributed by atoms with Crippen LogP contribution in [0.15, 0.2) is 23.8 Å². The maximum atomic E-state index is 13.5. The Bertz CT molecular complexity index is 602. The van der Waals surface area contributed by atoms with Crippen molar-refractivity contribution in [1.82, 2.24) is 5.32 Å². The number of amides is 1. The molecule has 1 amide bonds. The molecule has 0 spiro atoms. The van der Waals surface area contributed by atoms with E-state index in [0.717, 1.165) is 25.0 Å². The van der Waals surface area contributed by atoms with Crippen molar-refractivity contribution in [3.63, 3.8) is 0 Å². The van der Waals surface area contributed by atoms with E-state index in [1.807, 2.05) is 0 Å². The van der Waals surface area contributed by atoms with Gasteiger partial charge in [0.15, 0.2) is 11.6 Å². The van der Waals surface area contributed by atoms with E-state index >= 15 is 0 Å². The third-order valence-electron chi connectivity index (χ3n) is 3.16. The summed E-state index contributed by atoms with van der Waals surface area (Å²) in [6.45, 7) is 0.958. The van der Waals surface area contributed by atoms with Crippen LogP contribution in [-0.4, -0.2) is 25.2 Å². The van der Waals surface area contributed by atoms with E-state index in [2.05, 4.69) is 5.32 Å². The molecule has 1 aliphatic rings. The summed E-state index contributed by atoms with van der Waals surface area (Å²) in [5.74, 6) is -2.74. The highest BCUT2D eigenvalue weighted by atomic mass is 19.2. The van der Waals surface area contributed by atoms with Crippen molar-refractivity contribution in [2.75, 3.05) is 13.2 Å². The van der Waals surface area contributed by atoms with Crippen molar-refractivity contribution >= 4 is 12.0 Å². The van der Waals surface area contributed by atoms with Gasteiger partial charge in [-0.1, -0.05) is 12.1 Å². The molecule has 0 saturated carbocycles. The maximum absolute atomic E-state index is 13.5. The fourth-order valence-electron chi connectivity index (χ4n) is 2.04. The maximum Gasteiger partial charge on any atom is 0.262 e. The molecule has 1 atom stereocenters. The molecule has 2 rings (SSSR count). The van der Waals surface area contributed by atoms with Gasteiger partial charge in [0.25, 0.3) is 5.91 Å². The number of ether oxygens (including phenoxy) is 1. The average Bonchev–Trinajstić information content (AvgIpc) is 2.99. The standard InChI is InChI=1S/C15H14F2N2O2/c16-13-5-1-3-10(14(13)17)7-11(8-18)15(20)19-9-12-4-2-6-21-12/h1,3,5,7,12H,2,4,6,9H2,(H,19,20)/b11-7+/t12-/m0/s1. The van der Waals surface area contributed by atoms with Gasteiger partial charge in [0, 0.05) is 18.7 Å². The van der Waals surface area contributed by atoms with Crippen LogP contribution < -0.4 is 5.32 Å². The molecule has 4 nitrogen and oxygen atoms in total. The summed E-state index contributed by atoms with van der Waals surface area (Å²) < 4.78 is 31.9. The number of rotatable bonds is 4. The fraction of sp³-hybridized carbons (Fsp3) is 0.333. The van der Waals surface area contributed by atoms with Crippen LogP contribution >= 0.6 is 0 Å². The molecule has 1 heterocycles. The predicted octanol–water partition coefficient (Wildman–Crippen LogP) is 2.17. The first-order valence-electron chi connectivity index (χ1n) is 6.57. The van der Waals surface area contributed by atoms with Gasteiger partial charge in [0.2, 0.25) is 0 Å².